The van der Waals surface area contributed by atoms with Crippen LogP contribution in [-0.4, -0.2) is 33.3 Å². The molecule has 1 heterocycles. The number of aromatic nitrogens is 4. The van der Waals surface area contributed by atoms with Crippen LogP contribution in [0.1, 0.15) is 12.5 Å². The molecular formula is C12H15ClFN5S. The third kappa shape index (κ3) is 4.16. The molecule has 0 atom stereocenters. The summed E-state index contributed by atoms with van der Waals surface area (Å²) >= 11 is 7.12. The van der Waals surface area contributed by atoms with E-state index in [4.69, 9.17) is 11.6 Å². The van der Waals surface area contributed by atoms with Gasteiger partial charge in [-0.25, -0.2) is 9.07 Å². The van der Waals surface area contributed by atoms with Gasteiger partial charge >= 0.3 is 0 Å². The first kappa shape index (κ1) is 15.2. The highest BCUT2D eigenvalue weighted by atomic mass is 35.5. The summed E-state index contributed by atoms with van der Waals surface area (Å²) < 4.78 is 15.4. The number of hydrogen-bond acceptors (Lipinski definition) is 5. The van der Waals surface area contributed by atoms with Crippen LogP contribution >= 0.6 is 23.4 Å². The quantitative estimate of drug-likeness (QED) is 0.628. The highest BCUT2D eigenvalue weighted by molar-refractivity contribution is 7.98. The topological polar surface area (TPSA) is 55.6 Å². The maximum atomic E-state index is 13.7. The van der Waals surface area contributed by atoms with E-state index >= 15 is 0 Å². The number of hydrogen-bond donors (Lipinski definition) is 1. The van der Waals surface area contributed by atoms with E-state index in [1.54, 1.807) is 16.8 Å². The molecule has 1 aromatic carbocycles. The van der Waals surface area contributed by atoms with Crippen molar-refractivity contribution in [2.24, 2.45) is 0 Å². The summed E-state index contributed by atoms with van der Waals surface area (Å²) in [6.07, 6.45) is 0. The Morgan fingerprint density at radius 1 is 1.45 bits per heavy atom. The lowest BCUT2D eigenvalue weighted by Gasteiger charge is -2.05. The van der Waals surface area contributed by atoms with Crippen LogP contribution in [0.15, 0.2) is 23.4 Å². The standard InChI is InChI=1S/C12H15ClFN5S/c1-2-15-5-6-19-12(16-17-18-19)20-8-9-3-4-10(13)7-11(9)14/h3-4,7,15H,2,5-6,8H2,1H3. The zero-order valence-electron chi connectivity index (χ0n) is 11.0. The van der Waals surface area contributed by atoms with E-state index in [0.717, 1.165) is 13.1 Å². The van der Waals surface area contributed by atoms with Gasteiger partial charge < -0.3 is 5.32 Å². The highest BCUT2D eigenvalue weighted by Gasteiger charge is 2.09. The molecule has 1 aromatic heterocycles. The number of likely N-dealkylation sites (N-methyl/N-ethyl adjacent to an activating group) is 1. The zero-order chi connectivity index (χ0) is 14.4. The van der Waals surface area contributed by atoms with Crippen molar-refractivity contribution in [1.29, 1.82) is 0 Å². The second kappa shape index (κ2) is 7.56. The molecule has 108 valence electrons. The van der Waals surface area contributed by atoms with Gasteiger partial charge in [-0.1, -0.05) is 36.4 Å². The molecule has 0 bridgehead atoms. The molecule has 0 saturated carbocycles. The first-order valence-electron chi connectivity index (χ1n) is 6.24. The van der Waals surface area contributed by atoms with Gasteiger partial charge in [-0.15, -0.1) is 5.10 Å². The fraction of sp³-hybridized carbons (Fsp3) is 0.417. The first-order valence-corrected chi connectivity index (χ1v) is 7.60. The molecule has 0 unspecified atom stereocenters. The van der Waals surface area contributed by atoms with Crippen LogP contribution in [-0.2, 0) is 12.3 Å². The largest absolute Gasteiger partial charge is 0.315 e. The van der Waals surface area contributed by atoms with Gasteiger partial charge in [0.15, 0.2) is 0 Å². The Balaban J connectivity index is 1.95. The van der Waals surface area contributed by atoms with Crippen LogP contribution < -0.4 is 5.32 Å². The van der Waals surface area contributed by atoms with Crippen LogP contribution in [0.4, 0.5) is 4.39 Å². The highest BCUT2D eigenvalue weighted by Crippen LogP contribution is 2.23. The zero-order valence-corrected chi connectivity index (χ0v) is 12.6. The van der Waals surface area contributed by atoms with Gasteiger partial charge in [-0.3, -0.25) is 0 Å². The number of tetrazole rings is 1. The summed E-state index contributed by atoms with van der Waals surface area (Å²) in [7, 11) is 0. The van der Waals surface area contributed by atoms with Crippen molar-refractivity contribution in [3.63, 3.8) is 0 Å². The Morgan fingerprint density at radius 2 is 2.30 bits per heavy atom. The fourth-order valence-electron chi connectivity index (χ4n) is 1.58. The molecule has 20 heavy (non-hydrogen) atoms. The minimum Gasteiger partial charge on any atom is -0.315 e. The Morgan fingerprint density at radius 3 is 3.05 bits per heavy atom. The second-order valence-corrected chi connectivity index (χ2v) is 5.44. The summed E-state index contributed by atoms with van der Waals surface area (Å²) in [5, 5.41) is 15.8. The van der Waals surface area contributed by atoms with Crippen molar-refractivity contribution < 1.29 is 4.39 Å². The molecule has 0 saturated heterocycles. The summed E-state index contributed by atoms with van der Waals surface area (Å²) in [6, 6.07) is 4.66. The van der Waals surface area contributed by atoms with Crippen molar-refractivity contribution in [3.8, 4) is 0 Å². The number of halogens is 2. The predicted octanol–water partition coefficient (Wildman–Crippen LogP) is 2.37. The van der Waals surface area contributed by atoms with Crippen molar-refractivity contribution in [1.82, 2.24) is 25.5 Å². The average molecular weight is 316 g/mol. The van der Waals surface area contributed by atoms with Gasteiger partial charge in [0.1, 0.15) is 5.82 Å². The van der Waals surface area contributed by atoms with Crippen molar-refractivity contribution in [2.75, 3.05) is 13.1 Å². The van der Waals surface area contributed by atoms with E-state index in [9.17, 15) is 4.39 Å². The molecule has 8 heteroatoms. The monoisotopic (exact) mass is 315 g/mol. The summed E-state index contributed by atoms with van der Waals surface area (Å²) in [5.41, 5.74) is 0.584. The second-order valence-electron chi connectivity index (χ2n) is 4.06. The lowest BCUT2D eigenvalue weighted by Crippen LogP contribution is -2.20. The van der Waals surface area contributed by atoms with Crippen LogP contribution in [0.25, 0.3) is 0 Å². The minimum atomic E-state index is -0.309. The Hall–Kier alpha value is -1.18. The van der Waals surface area contributed by atoms with Crippen LogP contribution in [0.5, 0.6) is 0 Å². The predicted molar refractivity (Wildman–Crippen MR) is 77.3 cm³/mol. The molecule has 2 rings (SSSR count). The number of rotatable bonds is 7. The summed E-state index contributed by atoms with van der Waals surface area (Å²) in [4.78, 5) is 0. The Bertz CT molecular complexity index is 563. The molecule has 0 amide bonds. The number of nitrogens with zero attached hydrogens (tertiary/aromatic N) is 4. The molecule has 5 nitrogen and oxygen atoms in total. The third-order valence-corrected chi connectivity index (χ3v) is 3.86. The van der Waals surface area contributed by atoms with E-state index in [2.05, 4.69) is 20.8 Å². The Kier molecular flexibility index (Phi) is 5.75. The first-order chi connectivity index (χ1) is 9.70. The van der Waals surface area contributed by atoms with Crippen molar-refractivity contribution in [2.45, 2.75) is 24.4 Å². The maximum Gasteiger partial charge on any atom is 0.209 e. The SMILES string of the molecule is CCNCCn1nnnc1SCc1ccc(Cl)cc1F. The van der Waals surface area contributed by atoms with Gasteiger partial charge in [-0.2, -0.15) is 0 Å². The number of nitrogens with one attached hydrogen (secondary N) is 1. The maximum absolute atomic E-state index is 13.7. The van der Waals surface area contributed by atoms with E-state index in [1.807, 2.05) is 6.92 Å². The van der Waals surface area contributed by atoms with E-state index < -0.39 is 0 Å². The lowest BCUT2D eigenvalue weighted by atomic mass is 10.2. The molecule has 0 radical (unpaired) electrons. The van der Waals surface area contributed by atoms with Gasteiger partial charge in [-0.05, 0) is 34.7 Å². The summed E-state index contributed by atoms with van der Waals surface area (Å²) in [6.45, 7) is 4.43. The van der Waals surface area contributed by atoms with Gasteiger partial charge in [0.05, 0.1) is 6.54 Å². The van der Waals surface area contributed by atoms with Crippen LogP contribution in [0, 0.1) is 5.82 Å². The fourth-order valence-corrected chi connectivity index (χ4v) is 2.63. The molecule has 0 fully saturated rings. The Labute approximate surface area is 125 Å². The molecule has 0 aliphatic heterocycles. The van der Waals surface area contributed by atoms with E-state index in [-0.39, 0.29) is 5.82 Å². The lowest BCUT2D eigenvalue weighted by molar-refractivity contribution is 0.517. The van der Waals surface area contributed by atoms with E-state index in [1.165, 1.54) is 17.8 Å². The molecular weight excluding hydrogens is 301 g/mol. The molecule has 2 aromatic rings. The summed E-state index contributed by atoms with van der Waals surface area (Å²) in [5.74, 6) is 0.154. The number of benzene rings is 1. The van der Waals surface area contributed by atoms with E-state index in [0.29, 0.717) is 28.0 Å². The van der Waals surface area contributed by atoms with Gasteiger partial charge in [0.25, 0.3) is 0 Å². The number of thioether (sulfide) groups is 1. The van der Waals surface area contributed by atoms with Gasteiger partial charge in [0, 0.05) is 17.3 Å². The average Bonchev–Trinajstić information content (AvgIpc) is 2.86. The van der Waals surface area contributed by atoms with Crippen LogP contribution in [0.3, 0.4) is 0 Å². The van der Waals surface area contributed by atoms with Gasteiger partial charge in [0.2, 0.25) is 5.16 Å². The third-order valence-electron chi connectivity index (χ3n) is 2.62. The van der Waals surface area contributed by atoms with Crippen molar-refractivity contribution >= 4 is 23.4 Å². The normalized spacial score (nSPS) is 10.9. The molecule has 0 aliphatic rings. The molecule has 0 spiro atoms. The molecule has 1 N–H and O–H groups in total. The van der Waals surface area contributed by atoms with Crippen LogP contribution in [0.2, 0.25) is 5.02 Å². The van der Waals surface area contributed by atoms with Crippen molar-refractivity contribution in [3.05, 3.63) is 34.6 Å². The molecule has 0 aliphatic carbocycles. The smallest absolute Gasteiger partial charge is 0.209 e. The minimum absolute atomic E-state index is 0.309.